The second kappa shape index (κ2) is 4.95. The van der Waals surface area contributed by atoms with Gasteiger partial charge in [-0.15, -0.1) is 0 Å². The molecule has 1 radical (unpaired) electrons. The van der Waals surface area contributed by atoms with E-state index in [0.29, 0.717) is 12.5 Å². The fourth-order valence-electron chi connectivity index (χ4n) is 0.301. The Balaban J connectivity index is 3.05. The Bertz CT molecular complexity index is 92.7. The number of nitrogens with zero attached hydrogens (tertiary/aromatic N) is 1. The SMILES string of the molecule is CC(C)[CH]CN=C=S. The summed E-state index contributed by atoms with van der Waals surface area (Å²) in [6.45, 7) is 4.93. The van der Waals surface area contributed by atoms with Crippen LogP contribution >= 0.6 is 12.2 Å². The van der Waals surface area contributed by atoms with E-state index in [9.17, 15) is 0 Å². The molecule has 0 aromatic heterocycles. The summed E-state index contributed by atoms with van der Waals surface area (Å²) in [6, 6.07) is 0. The van der Waals surface area contributed by atoms with E-state index in [-0.39, 0.29) is 0 Å². The minimum absolute atomic E-state index is 0.599. The molecule has 0 spiro atoms. The van der Waals surface area contributed by atoms with Gasteiger partial charge in [-0.1, -0.05) is 13.8 Å². The van der Waals surface area contributed by atoms with E-state index in [2.05, 4.69) is 42.6 Å². The number of hydrogen-bond acceptors (Lipinski definition) is 2. The van der Waals surface area contributed by atoms with Gasteiger partial charge in [0.25, 0.3) is 0 Å². The zero-order chi connectivity index (χ0) is 6.41. The van der Waals surface area contributed by atoms with E-state index in [0.717, 1.165) is 0 Å². The van der Waals surface area contributed by atoms with Crippen LogP contribution in [0.4, 0.5) is 0 Å². The van der Waals surface area contributed by atoms with E-state index in [4.69, 9.17) is 0 Å². The molecule has 0 saturated heterocycles. The highest BCUT2D eigenvalue weighted by atomic mass is 32.1. The van der Waals surface area contributed by atoms with Crippen molar-refractivity contribution in [3.8, 4) is 0 Å². The summed E-state index contributed by atoms with van der Waals surface area (Å²) >= 11 is 4.37. The average molecular weight is 128 g/mol. The van der Waals surface area contributed by atoms with Crippen molar-refractivity contribution in [2.45, 2.75) is 13.8 Å². The van der Waals surface area contributed by atoms with Crippen molar-refractivity contribution < 1.29 is 0 Å². The molecule has 0 N–H and O–H groups in total. The molecule has 0 fully saturated rings. The Morgan fingerprint density at radius 1 is 1.75 bits per heavy atom. The lowest BCUT2D eigenvalue weighted by Crippen LogP contribution is -1.90. The Morgan fingerprint density at radius 2 is 2.38 bits per heavy atom. The van der Waals surface area contributed by atoms with Gasteiger partial charge in [0.2, 0.25) is 0 Å². The Labute approximate surface area is 55.8 Å². The molecule has 0 aliphatic heterocycles. The van der Waals surface area contributed by atoms with Gasteiger partial charge in [0.1, 0.15) is 0 Å². The zero-order valence-electron chi connectivity index (χ0n) is 5.22. The third kappa shape index (κ3) is 5.80. The average Bonchev–Trinajstić information content (AvgIpc) is 1.66. The van der Waals surface area contributed by atoms with Crippen molar-refractivity contribution in [2.75, 3.05) is 6.54 Å². The summed E-state index contributed by atoms with van der Waals surface area (Å²) in [7, 11) is 0. The summed E-state index contributed by atoms with van der Waals surface area (Å²) in [4.78, 5) is 3.72. The molecule has 0 aliphatic rings. The molecule has 0 aromatic rings. The molecule has 0 rings (SSSR count). The van der Waals surface area contributed by atoms with Crippen LogP contribution in [-0.4, -0.2) is 11.7 Å². The van der Waals surface area contributed by atoms with Gasteiger partial charge in [-0.2, -0.15) is 0 Å². The van der Waals surface area contributed by atoms with Crippen molar-refractivity contribution in [3.05, 3.63) is 6.42 Å². The maximum absolute atomic E-state index is 4.37. The Kier molecular flexibility index (Phi) is 4.82. The molecular weight excluding hydrogens is 118 g/mol. The summed E-state index contributed by atoms with van der Waals surface area (Å²) in [5.41, 5.74) is 0. The molecule has 8 heavy (non-hydrogen) atoms. The predicted octanol–water partition coefficient (Wildman–Crippen LogP) is 1.95. The normalized spacial score (nSPS) is 8.88. The van der Waals surface area contributed by atoms with Crippen LogP contribution in [-0.2, 0) is 0 Å². The van der Waals surface area contributed by atoms with E-state index in [1.54, 1.807) is 0 Å². The highest BCUT2D eigenvalue weighted by Crippen LogP contribution is 1.95. The van der Waals surface area contributed by atoms with Crippen LogP contribution in [0.1, 0.15) is 13.8 Å². The van der Waals surface area contributed by atoms with Gasteiger partial charge in [0.15, 0.2) is 0 Å². The van der Waals surface area contributed by atoms with Gasteiger partial charge < -0.3 is 0 Å². The molecular formula is C6H10NS. The molecule has 0 aliphatic carbocycles. The number of rotatable bonds is 3. The summed E-state index contributed by atoms with van der Waals surface area (Å²) < 4.78 is 0. The monoisotopic (exact) mass is 128 g/mol. The topological polar surface area (TPSA) is 12.4 Å². The minimum atomic E-state index is 0.599. The third-order valence-electron chi connectivity index (χ3n) is 0.733. The number of hydrogen-bond donors (Lipinski definition) is 0. The van der Waals surface area contributed by atoms with Crippen molar-refractivity contribution >= 4 is 17.4 Å². The molecule has 0 amide bonds. The van der Waals surface area contributed by atoms with Crippen LogP contribution in [0.15, 0.2) is 4.99 Å². The fourth-order valence-corrected chi connectivity index (χ4v) is 0.375. The Hall–Kier alpha value is -0.200. The first-order chi connectivity index (χ1) is 3.77. The third-order valence-corrected chi connectivity index (χ3v) is 0.862. The van der Waals surface area contributed by atoms with Crippen LogP contribution in [0.2, 0.25) is 0 Å². The Morgan fingerprint density at radius 3 is 2.75 bits per heavy atom. The van der Waals surface area contributed by atoms with E-state index in [1.807, 2.05) is 0 Å². The van der Waals surface area contributed by atoms with Gasteiger partial charge in [-0.25, -0.2) is 4.99 Å². The van der Waals surface area contributed by atoms with E-state index < -0.39 is 0 Å². The number of thiocarbonyl (C=S) groups is 1. The molecule has 0 unspecified atom stereocenters. The van der Waals surface area contributed by atoms with Crippen LogP contribution < -0.4 is 0 Å². The molecule has 0 heterocycles. The molecule has 0 saturated carbocycles. The van der Waals surface area contributed by atoms with Crippen LogP contribution in [0.25, 0.3) is 0 Å². The quantitative estimate of drug-likeness (QED) is 0.418. The van der Waals surface area contributed by atoms with Crippen LogP contribution in [0, 0.1) is 12.3 Å². The van der Waals surface area contributed by atoms with Crippen molar-refractivity contribution in [2.24, 2.45) is 10.9 Å². The standard InChI is InChI=1S/C6H10NS/c1-6(2)3-4-7-5-8/h3,6H,4H2,1-2H3. The van der Waals surface area contributed by atoms with Crippen molar-refractivity contribution in [1.82, 2.24) is 0 Å². The lowest BCUT2D eigenvalue weighted by atomic mass is 10.1. The van der Waals surface area contributed by atoms with Crippen LogP contribution in [0.5, 0.6) is 0 Å². The number of isothiocyanates is 1. The van der Waals surface area contributed by atoms with Gasteiger partial charge in [-0.3, -0.25) is 0 Å². The molecule has 2 heteroatoms. The highest BCUT2D eigenvalue weighted by Gasteiger charge is 1.89. The highest BCUT2D eigenvalue weighted by molar-refractivity contribution is 7.78. The van der Waals surface area contributed by atoms with E-state index >= 15 is 0 Å². The molecule has 0 bridgehead atoms. The second-order valence-electron chi connectivity index (χ2n) is 1.91. The lowest BCUT2D eigenvalue weighted by molar-refractivity contribution is 0.739. The smallest absolute Gasteiger partial charge is 0.0585 e. The summed E-state index contributed by atoms with van der Waals surface area (Å²) in [5, 5.41) is 2.30. The first-order valence-corrected chi connectivity index (χ1v) is 3.05. The largest absolute Gasteiger partial charge is 0.232 e. The first kappa shape index (κ1) is 7.80. The zero-order valence-corrected chi connectivity index (χ0v) is 6.03. The van der Waals surface area contributed by atoms with E-state index in [1.165, 1.54) is 0 Å². The van der Waals surface area contributed by atoms with Gasteiger partial charge >= 0.3 is 0 Å². The lowest BCUT2D eigenvalue weighted by Gasteiger charge is -1.95. The van der Waals surface area contributed by atoms with Gasteiger partial charge in [-0.05, 0) is 24.6 Å². The summed E-state index contributed by atoms with van der Waals surface area (Å²) in [6.07, 6.45) is 2.08. The maximum Gasteiger partial charge on any atom is 0.0585 e. The molecule has 0 aromatic carbocycles. The predicted molar refractivity (Wildman–Crippen MR) is 39.0 cm³/mol. The molecule has 0 atom stereocenters. The van der Waals surface area contributed by atoms with Crippen molar-refractivity contribution in [1.29, 1.82) is 0 Å². The maximum atomic E-state index is 4.37. The minimum Gasteiger partial charge on any atom is -0.232 e. The number of aliphatic imine (C=N–C) groups is 1. The first-order valence-electron chi connectivity index (χ1n) is 2.64. The molecule has 45 valence electrons. The summed E-state index contributed by atoms with van der Waals surface area (Å²) in [5.74, 6) is 0.599. The second-order valence-corrected chi connectivity index (χ2v) is 2.09. The van der Waals surface area contributed by atoms with Crippen molar-refractivity contribution in [3.63, 3.8) is 0 Å². The van der Waals surface area contributed by atoms with Gasteiger partial charge in [0.05, 0.1) is 11.7 Å². The van der Waals surface area contributed by atoms with Crippen LogP contribution in [0.3, 0.4) is 0 Å². The molecule has 1 nitrogen and oxygen atoms in total. The van der Waals surface area contributed by atoms with Gasteiger partial charge in [0, 0.05) is 0 Å². The fraction of sp³-hybridized carbons (Fsp3) is 0.667.